The van der Waals surface area contributed by atoms with Crippen molar-refractivity contribution in [3.05, 3.63) is 64.1 Å². The van der Waals surface area contributed by atoms with Crippen LogP contribution in [0.1, 0.15) is 43.7 Å². The third kappa shape index (κ3) is 4.88. The normalized spacial score (nSPS) is 14.8. The molecule has 9 heteroatoms. The van der Waals surface area contributed by atoms with Gasteiger partial charge in [0.05, 0.1) is 12.6 Å². The maximum absolute atomic E-state index is 13.3. The van der Waals surface area contributed by atoms with Crippen molar-refractivity contribution in [1.82, 2.24) is 9.58 Å². The van der Waals surface area contributed by atoms with Crippen molar-refractivity contribution in [3.8, 4) is 5.75 Å². The van der Waals surface area contributed by atoms with Crippen LogP contribution in [0.15, 0.2) is 47.4 Å². The quantitative estimate of drug-likeness (QED) is 0.781. The molecule has 31 heavy (non-hydrogen) atoms. The molecule has 0 spiro atoms. The topological polar surface area (TPSA) is 101 Å². The van der Waals surface area contributed by atoms with Gasteiger partial charge in [-0.05, 0) is 33.3 Å². The SMILES string of the molecule is CC(CO)N1CN(C(=O)OC(C)(C)C)n2ccc(=O)c(OCc3ccccc3)c2C1=O. The fraction of sp³-hybridized carbons (Fsp3) is 0.409. The smallest absolute Gasteiger partial charge is 0.431 e. The van der Waals surface area contributed by atoms with Crippen LogP contribution in [0.25, 0.3) is 0 Å². The number of nitrogens with zero attached hydrogens (tertiary/aromatic N) is 3. The van der Waals surface area contributed by atoms with Crippen molar-refractivity contribution in [2.24, 2.45) is 0 Å². The Morgan fingerprint density at radius 1 is 1.16 bits per heavy atom. The highest BCUT2D eigenvalue weighted by Crippen LogP contribution is 2.24. The molecule has 1 N–H and O–H groups in total. The highest BCUT2D eigenvalue weighted by Gasteiger charge is 2.39. The van der Waals surface area contributed by atoms with Gasteiger partial charge in [0, 0.05) is 12.3 Å². The minimum atomic E-state index is -0.766. The Bertz CT molecular complexity index is 1010. The summed E-state index contributed by atoms with van der Waals surface area (Å²) in [5.74, 6) is -0.693. The second-order valence-corrected chi connectivity index (χ2v) is 8.30. The fourth-order valence-corrected chi connectivity index (χ4v) is 3.09. The molecular weight excluding hydrogens is 402 g/mol. The molecule has 166 valence electrons. The van der Waals surface area contributed by atoms with Crippen LogP contribution in [0, 0.1) is 0 Å². The van der Waals surface area contributed by atoms with E-state index in [-0.39, 0.29) is 31.3 Å². The van der Waals surface area contributed by atoms with Crippen LogP contribution in [0.2, 0.25) is 0 Å². The zero-order chi connectivity index (χ0) is 22.8. The highest BCUT2D eigenvalue weighted by molar-refractivity contribution is 5.98. The van der Waals surface area contributed by atoms with E-state index in [0.29, 0.717) is 0 Å². The number of amides is 2. The molecule has 0 saturated heterocycles. The largest absolute Gasteiger partial charge is 0.482 e. The second-order valence-electron chi connectivity index (χ2n) is 8.30. The number of hydrogen-bond donors (Lipinski definition) is 1. The predicted octanol–water partition coefficient (Wildman–Crippen LogP) is 2.09. The average Bonchev–Trinajstić information content (AvgIpc) is 2.72. The molecule has 1 aromatic carbocycles. The molecule has 0 fully saturated rings. The summed E-state index contributed by atoms with van der Waals surface area (Å²) in [5, 5.41) is 10.8. The molecule has 0 bridgehead atoms. The summed E-state index contributed by atoms with van der Waals surface area (Å²) < 4.78 is 12.5. The third-order valence-electron chi connectivity index (χ3n) is 4.67. The summed E-state index contributed by atoms with van der Waals surface area (Å²) in [5.41, 5.74) is -0.533. The first-order valence-electron chi connectivity index (χ1n) is 9.97. The van der Waals surface area contributed by atoms with Gasteiger partial charge in [0.2, 0.25) is 5.43 Å². The first kappa shape index (κ1) is 22.4. The maximum atomic E-state index is 13.3. The number of hydrogen-bond acceptors (Lipinski definition) is 6. The van der Waals surface area contributed by atoms with Gasteiger partial charge >= 0.3 is 6.09 Å². The standard InChI is InChI=1S/C22H27N3O6/c1-15(12-26)23-14-25(21(29)31-22(2,3)4)24-11-10-17(27)19(18(24)20(23)28)30-13-16-8-6-5-7-9-16/h5-11,15,26H,12-14H2,1-4H3. The Morgan fingerprint density at radius 3 is 2.45 bits per heavy atom. The summed E-state index contributed by atoms with van der Waals surface area (Å²) in [6.07, 6.45) is 0.643. The lowest BCUT2D eigenvalue weighted by molar-refractivity contribution is 0.0377. The van der Waals surface area contributed by atoms with Gasteiger partial charge in [-0.3, -0.25) is 9.59 Å². The van der Waals surface area contributed by atoms with E-state index < -0.39 is 29.1 Å². The summed E-state index contributed by atoms with van der Waals surface area (Å²) in [6.45, 7) is 6.45. The van der Waals surface area contributed by atoms with Gasteiger partial charge in [-0.25, -0.2) is 9.47 Å². The van der Waals surface area contributed by atoms with Crippen molar-refractivity contribution in [1.29, 1.82) is 0 Å². The van der Waals surface area contributed by atoms with E-state index >= 15 is 0 Å². The molecule has 2 amide bonds. The second kappa shape index (κ2) is 8.81. The Morgan fingerprint density at radius 2 is 1.84 bits per heavy atom. The van der Waals surface area contributed by atoms with E-state index in [1.807, 2.05) is 30.3 Å². The van der Waals surface area contributed by atoms with E-state index in [0.717, 1.165) is 5.56 Å². The molecule has 1 aromatic heterocycles. The number of rotatable bonds is 5. The van der Waals surface area contributed by atoms with E-state index in [9.17, 15) is 19.5 Å². The molecule has 1 aliphatic heterocycles. The van der Waals surface area contributed by atoms with Crippen molar-refractivity contribution >= 4 is 12.0 Å². The molecule has 0 aliphatic carbocycles. The molecule has 1 unspecified atom stereocenters. The van der Waals surface area contributed by atoms with Crippen molar-refractivity contribution < 1.29 is 24.2 Å². The molecule has 9 nitrogen and oxygen atoms in total. The van der Waals surface area contributed by atoms with E-state index in [1.165, 1.54) is 26.8 Å². The lowest BCUT2D eigenvalue weighted by Gasteiger charge is -2.40. The lowest BCUT2D eigenvalue weighted by atomic mass is 10.2. The zero-order valence-corrected chi connectivity index (χ0v) is 18.1. The fourth-order valence-electron chi connectivity index (χ4n) is 3.09. The van der Waals surface area contributed by atoms with Gasteiger partial charge in [-0.1, -0.05) is 30.3 Å². The number of carbonyl (C=O) groups is 2. The molecule has 1 aliphatic rings. The minimum absolute atomic E-state index is 0.0718. The molecule has 2 aromatic rings. The molecule has 0 radical (unpaired) electrons. The molecule has 1 atom stereocenters. The average molecular weight is 429 g/mol. The van der Waals surface area contributed by atoms with Gasteiger partial charge in [0.25, 0.3) is 5.91 Å². The highest BCUT2D eigenvalue weighted by atomic mass is 16.6. The van der Waals surface area contributed by atoms with Crippen LogP contribution in [0.4, 0.5) is 4.79 Å². The maximum Gasteiger partial charge on any atom is 0.431 e. The van der Waals surface area contributed by atoms with Gasteiger partial charge < -0.3 is 19.5 Å². The Labute approximate surface area is 180 Å². The number of benzene rings is 1. The van der Waals surface area contributed by atoms with Crippen LogP contribution in [0.3, 0.4) is 0 Å². The van der Waals surface area contributed by atoms with Crippen LogP contribution in [-0.4, -0.2) is 51.6 Å². The third-order valence-corrected chi connectivity index (χ3v) is 4.67. The van der Waals surface area contributed by atoms with E-state index in [2.05, 4.69) is 0 Å². The summed E-state index contributed by atoms with van der Waals surface area (Å²) in [6, 6.07) is 9.85. The lowest BCUT2D eigenvalue weighted by Crippen LogP contribution is -2.60. The number of aliphatic hydroxyl groups is 1. The van der Waals surface area contributed by atoms with Crippen molar-refractivity contribution in [3.63, 3.8) is 0 Å². The minimum Gasteiger partial charge on any atom is -0.482 e. The van der Waals surface area contributed by atoms with Gasteiger partial charge in [-0.15, -0.1) is 0 Å². The predicted molar refractivity (Wildman–Crippen MR) is 114 cm³/mol. The van der Waals surface area contributed by atoms with E-state index in [4.69, 9.17) is 9.47 Å². The van der Waals surface area contributed by atoms with Crippen LogP contribution in [-0.2, 0) is 11.3 Å². The van der Waals surface area contributed by atoms with E-state index in [1.54, 1.807) is 27.7 Å². The Hall–Kier alpha value is -3.33. The molecule has 3 rings (SSSR count). The summed E-state index contributed by atoms with van der Waals surface area (Å²) in [7, 11) is 0. The number of pyridine rings is 1. The monoisotopic (exact) mass is 429 g/mol. The summed E-state index contributed by atoms with van der Waals surface area (Å²) in [4.78, 5) is 40.0. The zero-order valence-electron chi connectivity index (χ0n) is 18.1. The number of aromatic nitrogens is 1. The molecule has 0 saturated carbocycles. The van der Waals surface area contributed by atoms with Crippen molar-refractivity contribution in [2.45, 2.75) is 45.9 Å². The first-order chi connectivity index (χ1) is 14.6. The van der Waals surface area contributed by atoms with Gasteiger partial charge in [0.1, 0.15) is 18.9 Å². The van der Waals surface area contributed by atoms with Crippen LogP contribution < -0.4 is 15.2 Å². The van der Waals surface area contributed by atoms with Gasteiger partial charge in [-0.2, -0.15) is 5.01 Å². The van der Waals surface area contributed by atoms with Crippen LogP contribution in [0.5, 0.6) is 5.75 Å². The number of ether oxygens (including phenoxy) is 2. The van der Waals surface area contributed by atoms with Crippen molar-refractivity contribution in [2.75, 3.05) is 18.3 Å². The Balaban J connectivity index is 2.06. The number of carbonyl (C=O) groups excluding carboxylic acids is 2. The summed E-state index contributed by atoms with van der Waals surface area (Å²) >= 11 is 0. The Kier molecular flexibility index (Phi) is 6.35. The van der Waals surface area contributed by atoms with Gasteiger partial charge in [0.15, 0.2) is 11.4 Å². The number of fused-ring (bicyclic) bond motifs is 1. The first-order valence-corrected chi connectivity index (χ1v) is 9.97. The molecule has 2 heterocycles. The van der Waals surface area contributed by atoms with Crippen LogP contribution >= 0.6 is 0 Å². The number of aliphatic hydroxyl groups excluding tert-OH is 1. The molecular formula is C22H27N3O6.